The number of fused-ring (bicyclic) bond motifs is 1. The molecule has 3 heteroatoms. The van der Waals surface area contributed by atoms with Crippen molar-refractivity contribution < 1.29 is 0 Å². The molecule has 1 aromatic rings. The molecule has 0 saturated carbocycles. The highest BCUT2D eigenvalue weighted by molar-refractivity contribution is 9.09. The number of H-pyrrole nitrogens is 1. The fraction of sp³-hybridized carbons (Fsp3) is 0.700. The van der Waals surface area contributed by atoms with E-state index in [1.54, 1.807) is 0 Å². The lowest BCUT2D eigenvalue weighted by Crippen LogP contribution is -2.02. The number of hydrogen-bond acceptors (Lipinski definition) is 1. The molecule has 1 heterocycles. The van der Waals surface area contributed by atoms with Crippen molar-refractivity contribution in [3.8, 4) is 0 Å². The predicted octanol–water partition coefficient (Wildman–Crippen LogP) is 2.62. The largest absolute Gasteiger partial charge is 0.282 e. The lowest BCUT2D eigenvalue weighted by Gasteiger charge is -2.10. The monoisotopic (exact) mass is 242 g/mol. The van der Waals surface area contributed by atoms with Crippen LogP contribution in [-0.2, 0) is 19.3 Å². The van der Waals surface area contributed by atoms with Gasteiger partial charge in [0.1, 0.15) is 0 Å². The van der Waals surface area contributed by atoms with E-state index in [4.69, 9.17) is 0 Å². The zero-order chi connectivity index (χ0) is 9.10. The van der Waals surface area contributed by atoms with E-state index in [0.29, 0.717) is 0 Å². The maximum atomic E-state index is 4.39. The number of halogens is 1. The molecule has 0 radical (unpaired) electrons. The van der Waals surface area contributed by atoms with Crippen molar-refractivity contribution in [2.45, 2.75) is 38.5 Å². The summed E-state index contributed by atoms with van der Waals surface area (Å²) in [7, 11) is 0. The Labute approximate surface area is 87.2 Å². The van der Waals surface area contributed by atoms with E-state index in [9.17, 15) is 0 Å². The second-order valence-corrected chi connectivity index (χ2v) is 4.42. The van der Waals surface area contributed by atoms with Crippen molar-refractivity contribution >= 4 is 15.9 Å². The number of aryl methyl sites for hydroxylation is 2. The summed E-state index contributed by atoms with van der Waals surface area (Å²) in [6, 6.07) is 0. The highest BCUT2D eigenvalue weighted by Gasteiger charge is 2.15. The van der Waals surface area contributed by atoms with E-state index >= 15 is 0 Å². The Morgan fingerprint density at radius 3 is 3.00 bits per heavy atom. The quantitative estimate of drug-likeness (QED) is 0.812. The van der Waals surface area contributed by atoms with Gasteiger partial charge >= 0.3 is 0 Å². The molecule has 2 rings (SSSR count). The van der Waals surface area contributed by atoms with Crippen LogP contribution in [0.2, 0.25) is 0 Å². The Kier molecular flexibility index (Phi) is 3.04. The third-order valence-electron chi connectivity index (χ3n) is 2.69. The molecule has 1 aliphatic rings. The van der Waals surface area contributed by atoms with Crippen molar-refractivity contribution in [2.24, 2.45) is 0 Å². The third-order valence-corrected chi connectivity index (χ3v) is 3.25. The topological polar surface area (TPSA) is 28.7 Å². The summed E-state index contributed by atoms with van der Waals surface area (Å²) in [5.41, 5.74) is 4.23. The van der Waals surface area contributed by atoms with Gasteiger partial charge in [-0.05, 0) is 44.1 Å². The molecule has 0 bridgehead atoms. The highest BCUT2D eigenvalue weighted by atomic mass is 79.9. The van der Waals surface area contributed by atoms with E-state index in [0.717, 1.165) is 11.8 Å². The molecule has 0 fully saturated rings. The lowest BCUT2D eigenvalue weighted by molar-refractivity contribution is 0.671. The molecule has 0 aromatic carbocycles. The second-order valence-electron chi connectivity index (χ2n) is 3.63. The summed E-state index contributed by atoms with van der Waals surface area (Å²) >= 11 is 3.45. The number of nitrogens with zero attached hydrogens (tertiary/aromatic N) is 1. The van der Waals surface area contributed by atoms with Crippen molar-refractivity contribution in [3.63, 3.8) is 0 Å². The van der Waals surface area contributed by atoms with Gasteiger partial charge in [-0.25, -0.2) is 0 Å². The number of aromatic amines is 1. The molecule has 0 amide bonds. The van der Waals surface area contributed by atoms with Crippen molar-refractivity contribution in [1.82, 2.24) is 10.2 Å². The first-order valence-electron chi connectivity index (χ1n) is 5.03. The van der Waals surface area contributed by atoms with Crippen LogP contribution in [0, 0.1) is 0 Å². The molecular weight excluding hydrogens is 228 g/mol. The second kappa shape index (κ2) is 4.27. The van der Waals surface area contributed by atoms with Crippen LogP contribution in [0.25, 0.3) is 0 Å². The van der Waals surface area contributed by atoms with Gasteiger partial charge in [0.25, 0.3) is 0 Å². The first kappa shape index (κ1) is 9.25. The molecule has 1 aliphatic carbocycles. The van der Waals surface area contributed by atoms with Crippen LogP contribution in [-0.4, -0.2) is 15.5 Å². The van der Waals surface area contributed by atoms with E-state index < -0.39 is 0 Å². The minimum atomic E-state index is 1.08. The fourth-order valence-electron chi connectivity index (χ4n) is 1.99. The van der Waals surface area contributed by atoms with Crippen LogP contribution in [0.15, 0.2) is 0 Å². The number of aromatic nitrogens is 2. The van der Waals surface area contributed by atoms with Gasteiger partial charge in [-0.3, -0.25) is 5.10 Å². The fourth-order valence-corrected chi connectivity index (χ4v) is 2.27. The standard InChI is InChI=1S/C10H15BrN2/c11-7-3-6-10-8-4-1-2-5-9(8)12-13-10/h1-7H2,(H,12,13). The average Bonchev–Trinajstić information content (AvgIpc) is 2.58. The van der Waals surface area contributed by atoms with Gasteiger partial charge in [0, 0.05) is 11.0 Å². The number of alkyl halides is 1. The van der Waals surface area contributed by atoms with Gasteiger partial charge in [0.05, 0.1) is 5.69 Å². The molecule has 0 spiro atoms. The maximum Gasteiger partial charge on any atom is 0.0657 e. The van der Waals surface area contributed by atoms with E-state index in [2.05, 4.69) is 26.1 Å². The third kappa shape index (κ3) is 1.96. The summed E-state index contributed by atoms with van der Waals surface area (Å²) < 4.78 is 0. The molecule has 13 heavy (non-hydrogen) atoms. The van der Waals surface area contributed by atoms with Gasteiger partial charge in [0.2, 0.25) is 0 Å². The Bertz CT molecular complexity index is 280. The van der Waals surface area contributed by atoms with Gasteiger partial charge in [-0.1, -0.05) is 15.9 Å². The Morgan fingerprint density at radius 2 is 2.15 bits per heavy atom. The molecule has 0 unspecified atom stereocenters. The normalized spacial score (nSPS) is 15.8. The van der Waals surface area contributed by atoms with Crippen LogP contribution >= 0.6 is 15.9 Å². The molecular formula is C10H15BrN2. The zero-order valence-electron chi connectivity index (χ0n) is 7.77. The zero-order valence-corrected chi connectivity index (χ0v) is 9.36. The average molecular weight is 243 g/mol. The van der Waals surface area contributed by atoms with Crippen LogP contribution in [0.1, 0.15) is 36.2 Å². The van der Waals surface area contributed by atoms with Crippen molar-refractivity contribution in [1.29, 1.82) is 0 Å². The summed E-state index contributed by atoms with van der Waals surface area (Å²) in [6.07, 6.45) is 7.43. The van der Waals surface area contributed by atoms with E-state index in [1.807, 2.05) is 0 Å². The van der Waals surface area contributed by atoms with Crippen molar-refractivity contribution in [3.05, 3.63) is 17.0 Å². The molecule has 0 saturated heterocycles. The minimum Gasteiger partial charge on any atom is -0.282 e. The van der Waals surface area contributed by atoms with Crippen LogP contribution in [0.3, 0.4) is 0 Å². The Hall–Kier alpha value is -0.310. The Morgan fingerprint density at radius 1 is 1.31 bits per heavy atom. The molecule has 72 valence electrons. The van der Waals surface area contributed by atoms with E-state index in [1.165, 1.54) is 49.1 Å². The summed E-state index contributed by atoms with van der Waals surface area (Å²) in [5.74, 6) is 0. The molecule has 0 aliphatic heterocycles. The Balaban J connectivity index is 2.12. The molecule has 1 aromatic heterocycles. The lowest BCUT2D eigenvalue weighted by atomic mass is 9.95. The number of rotatable bonds is 3. The first-order valence-corrected chi connectivity index (χ1v) is 6.15. The molecule has 2 nitrogen and oxygen atoms in total. The number of hydrogen-bond donors (Lipinski definition) is 1. The first-order chi connectivity index (χ1) is 6.42. The van der Waals surface area contributed by atoms with Gasteiger partial charge in [-0.15, -0.1) is 0 Å². The smallest absolute Gasteiger partial charge is 0.0657 e. The number of nitrogens with one attached hydrogen (secondary N) is 1. The summed E-state index contributed by atoms with van der Waals surface area (Å²) in [5, 5.41) is 8.64. The van der Waals surface area contributed by atoms with Gasteiger partial charge in [0.15, 0.2) is 0 Å². The predicted molar refractivity (Wildman–Crippen MR) is 57.3 cm³/mol. The maximum absolute atomic E-state index is 4.39. The van der Waals surface area contributed by atoms with Gasteiger partial charge < -0.3 is 0 Å². The SMILES string of the molecule is BrCCCc1n[nH]c2c1CCCC2. The van der Waals surface area contributed by atoms with Crippen LogP contribution in [0.5, 0.6) is 0 Å². The van der Waals surface area contributed by atoms with Crippen molar-refractivity contribution in [2.75, 3.05) is 5.33 Å². The van der Waals surface area contributed by atoms with Gasteiger partial charge in [-0.2, -0.15) is 5.10 Å². The van der Waals surface area contributed by atoms with Crippen LogP contribution in [0.4, 0.5) is 0 Å². The molecule has 0 atom stereocenters. The van der Waals surface area contributed by atoms with Crippen LogP contribution < -0.4 is 0 Å². The summed E-state index contributed by atoms with van der Waals surface area (Å²) in [4.78, 5) is 0. The van der Waals surface area contributed by atoms with E-state index in [-0.39, 0.29) is 0 Å². The molecule has 1 N–H and O–H groups in total. The minimum absolute atomic E-state index is 1.08. The summed E-state index contributed by atoms with van der Waals surface area (Å²) in [6.45, 7) is 0. The highest BCUT2D eigenvalue weighted by Crippen LogP contribution is 2.22.